The molecule has 1 aromatic heterocycles. The van der Waals surface area contributed by atoms with Gasteiger partial charge in [0.1, 0.15) is 11.6 Å². The van der Waals surface area contributed by atoms with E-state index in [1.807, 2.05) is 66.9 Å². The van der Waals surface area contributed by atoms with Gasteiger partial charge in [-0.3, -0.25) is 14.4 Å². The Kier molecular flexibility index (Phi) is 14.2. The second-order valence-electron chi connectivity index (χ2n) is 13.2. The van der Waals surface area contributed by atoms with E-state index in [1.54, 1.807) is 24.3 Å². The molecule has 4 rings (SSSR count). The van der Waals surface area contributed by atoms with Crippen molar-refractivity contribution in [2.75, 3.05) is 5.32 Å². The summed E-state index contributed by atoms with van der Waals surface area (Å²) >= 11 is 0. The van der Waals surface area contributed by atoms with E-state index >= 15 is 0 Å². The number of benzene rings is 3. The van der Waals surface area contributed by atoms with Crippen LogP contribution in [-0.4, -0.2) is 72.2 Å². The number of carboxylic acid groups (broad SMARTS) is 1. The van der Waals surface area contributed by atoms with Crippen LogP contribution < -0.4 is 5.32 Å². The number of Topliss-reactive ketones (excluding diaryl/α,β-unsaturated/α-hetero) is 1. The van der Waals surface area contributed by atoms with Crippen LogP contribution in [-0.2, 0) is 16.1 Å². The normalized spacial score (nSPS) is 13.8. The highest BCUT2D eigenvalue weighted by atomic mass is 19.1. The molecule has 1 amide bonds. The predicted octanol–water partition coefficient (Wildman–Crippen LogP) is 6.16. The zero-order valence-electron chi connectivity index (χ0n) is 28.9. The van der Waals surface area contributed by atoms with E-state index in [9.17, 15) is 39.2 Å². The molecule has 3 aromatic carbocycles. The van der Waals surface area contributed by atoms with Crippen molar-refractivity contribution in [3.05, 3.63) is 102 Å². The van der Waals surface area contributed by atoms with Gasteiger partial charge in [-0.05, 0) is 79.1 Å². The van der Waals surface area contributed by atoms with Gasteiger partial charge in [0, 0.05) is 36.3 Å². The molecule has 4 atom stereocenters. The summed E-state index contributed by atoms with van der Waals surface area (Å²) in [6, 6.07) is 24.6. The number of ketones is 1. The number of nitrogens with one attached hydrogen (secondary N) is 1. The monoisotopic (exact) mass is 702 g/mol. The van der Waals surface area contributed by atoms with Gasteiger partial charge in [0.05, 0.1) is 42.1 Å². The van der Waals surface area contributed by atoms with Crippen molar-refractivity contribution in [2.45, 2.75) is 95.7 Å². The minimum Gasteiger partial charge on any atom is -0.481 e. The van der Waals surface area contributed by atoms with Crippen LogP contribution >= 0.6 is 0 Å². The molecule has 4 aromatic rings. The van der Waals surface area contributed by atoms with Crippen molar-refractivity contribution in [3.8, 4) is 22.4 Å². The van der Waals surface area contributed by atoms with Gasteiger partial charge in [0.15, 0.2) is 0 Å². The van der Waals surface area contributed by atoms with Crippen molar-refractivity contribution < 1.29 is 44.3 Å². The largest absolute Gasteiger partial charge is 0.481 e. The maximum atomic E-state index is 14.2. The predicted molar refractivity (Wildman–Crippen MR) is 193 cm³/mol. The number of nitrogens with zero attached hydrogens (tertiary/aromatic N) is 1. The number of carboxylic acids is 1. The maximum absolute atomic E-state index is 14.2. The van der Waals surface area contributed by atoms with Crippen molar-refractivity contribution in [2.24, 2.45) is 0 Å². The lowest BCUT2D eigenvalue weighted by molar-refractivity contribution is -0.139. The molecule has 10 nitrogen and oxygen atoms in total. The molecule has 0 radical (unpaired) electrons. The lowest BCUT2D eigenvalue weighted by Crippen LogP contribution is -2.24. The molecule has 0 aliphatic carbocycles. The fourth-order valence-corrected chi connectivity index (χ4v) is 6.41. The zero-order valence-corrected chi connectivity index (χ0v) is 28.9. The zero-order chi connectivity index (χ0) is 37.1. The Bertz CT molecular complexity index is 1740. The summed E-state index contributed by atoms with van der Waals surface area (Å²) in [5.74, 6) is -2.41. The molecule has 6 N–H and O–H groups in total. The summed E-state index contributed by atoms with van der Waals surface area (Å²) in [4.78, 5) is 37.5. The third-order valence-corrected chi connectivity index (χ3v) is 8.69. The Morgan fingerprint density at radius 1 is 0.725 bits per heavy atom. The standard InChI is InChI=1S/C40H47FN2O8/c1-25(2)38-37(40(51)42-29-11-7-4-8-12-29)36(26-9-5-3-6-10-26)39(27-13-15-28(41)16-14-27)43(38)20-19-32(46)23-33(47)21-30(44)17-18-31(45)22-34(48)24-35(49)50/h3-16,25,31-34,45-48H,17-24H2,1-2H3,(H,42,51)(H,49,50). The molecule has 11 heteroatoms. The van der Waals surface area contributed by atoms with Crippen LogP contribution in [0.15, 0.2) is 84.9 Å². The van der Waals surface area contributed by atoms with E-state index in [0.29, 0.717) is 28.1 Å². The van der Waals surface area contributed by atoms with Gasteiger partial charge in [-0.1, -0.05) is 62.4 Å². The summed E-state index contributed by atoms with van der Waals surface area (Å²) in [5, 5.41) is 53.3. The Morgan fingerprint density at radius 3 is 1.88 bits per heavy atom. The van der Waals surface area contributed by atoms with Crippen LogP contribution in [0.25, 0.3) is 22.4 Å². The van der Waals surface area contributed by atoms with E-state index < -0.39 is 42.6 Å². The van der Waals surface area contributed by atoms with E-state index in [2.05, 4.69) is 5.32 Å². The number of aliphatic hydroxyl groups is 4. The van der Waals surface area contributed by atoms with Crippen LogP contribution in [0.5, 0.6) is 0 Å². The maximum Gasteiger partial charge on any atom is 0.305 e. The van der Waals surface area contributed by atoms with Gasteiger partial charge in [-0.15, -0.1) is 0 Å². The Labute approximate surface area is 297 Å². The van der Waals surface area contributed by atoms with E-state index in [0.717, 1.165) is 11.3 Å². The number of halogens is 1. The van der Waals surface area contributed by atoms with Gasteiger partial charge in [-0.2, -0.15) is 0 Å². The second-order valence-corrected chi connectivity index (χ2v) is 13.2. The number of aliphatic hydroxyl groups excluding tert-OH is 4. The smallest absolute Gasteiger partial charge is 0.305 e. The molecule has 1 heterocycles. The summed E-state index contributed by atoms with van der Waals surface area (Å²) in [6.07, 6.45) is -5.40. The number of anilines is 1. The van der Waals surface area contributed by atoms with Gasteiger partial charge in [0.25, 0.3) is 5.91 Å². The van der Waals surface area contributed by atoms with Crippen molar-refractivity contribution in [1.82, 2.24) is 4.57 Å². The molecule has 0 saturated heterocycles. The molecule has 272 valence electrons. The molecule has 0 fully saturated rings. The number of rotatable bonds is 19. The number of hydrogen-bond acceptors (Lipinski definition) is 7. The molecule has 0 saturated carbocycles. The highest BCUT2D eigenvalue weighted by molar-refractivity contribution is 6.12. The highest BCUT2D eigenvalue weighted by Crippen LogP contribution is 2.42. The summed E-state index contributed by atoms with van der Waals surface area (Å²) < 4.78 is 16.1. The summed E-state index contributed by atoms with van der Waals surface area (Å²) in [7, 11) is 0. The quantitative estimate of drug-likeness (QED) is 0.0675. The third kappa shape index (κ3) is 11.2. The average Bonchev–Trinajstić information content (AvgIpc) is 3.43. The first kappa shape index (κ1) is 39.1. The van der Waals surface area contributed by atoms with Crippen molar-refractivity contribution in [3.63, 3.8) is 0 Å². The minimum atomic E-state index is -1.23. The van der Waals surface area contributed by atoms with Crippen LogP contribution in [0.4, 0.5) is 10.1 Å². The lowest BCUT2D eigenvalue weighted by atomic mass is 9.94. The number of aromatic nitrogens is 1. The topological polar surface area (TPSA) is 169 Å². The van der Waals surface area contributed by atoms with Gasteiger partial charge in [-0.25, -0.2) is 4.39 Å². The molecule has 0 bridgehead atoms. The van der Waals surface area contributed by atoms with Crippen molar-refractivity contribution in [1.29, 1.82) is 0 Å². The molecule has 0 aliphatic heterocycles. The van der Waals surface area contributed by atoms with Crippen LogP contribution in [0.3, 0.4) is 0 Å². The summed E-state index contributed by atoms with van der Waals surface area (Å²) in [5.41, 5.74) is 4.60. The third-order valence-electron chi connectivity index (χ3n) is 8.69. The first-order valence-corrected chi connectivity index (χ1v) is 17.2. The van der Waals surface area contributed by atoms with Gasteiger partial charge in [0.2, 0.25) is 0 Å². The fraction of sp³-hybridized carbons (Fsp3) is 0.375. The lowest BCUT2D eigenvalue weighted by Gasteiger charge is -2.20. The van der Waals surface area contributed by atoms with Gasteiger partial charge >= 0.3 is 5.97 Å². The molecule has 4 unspecified atom stereocenters. The molecule has 51 heavy (non-hydrogen) atoms. The molecular weight excluding hydrogens is 655 g/mol. The highest BCUT2D eigenvalue weighted by Gasteiger charge is 2.31. The minimum absolute atomic E-state index is 0.00644. The first-order valence-electron chi connectivity index (χ1n) is 17.2. The SMILES string of the molecule is CC(C)c1c(C(=O)Nc2ccccc2)c(-c2ccccc2)c(-c2ccc(F)cc2)n1CCC(O)CC(O)CC(=O)CCC(O)CC(O)CC(=O)O. The fourth-order valence-electron chi connectivity index (χ4n) is 6.41. The summed E-state index contributed by atoms with van der Waals surface area (Å²) in [6.45, 7) is 4.19. The van der Waals surface area contributed by atoms with E-state index in [1.165, 1.54) is 12.1 Å². The number of carbonyl (C=O) groups excluding carboxylic acids is 2. The number of para-hydroxylation sites is 1. The Hall–Kier alpha value is -4.68. The van der Waals surface area contributed by atoms with Crippen LogP contribution in [0.1, 0.15) is 80.8 Å². The number of carbonyl (C=O) groups is 3. The molecule has 0 spiro atoms. The van der Waals surface area contributed by atoms with Crippen LogP contribution in [0, 0.1) is 5.82 Å². The Balaban J connectivity index is 1.59. The van der Waals surface area contributed by atoms with E-state index in [-0.39, 0.29) is 62.7 Å². The second kappa shape index (κ2) is 18.5. The van der Waals surface area contributed by atoms with E-state index in [4.69, 9.17) is 5.11 Å². The average molecular weight is 703 g/mol. The van der Waals surface area contributed by atoms with Gasteiger partial charge < -0.3 is 35.4 Å². The Morgan fingerprint density at radius 2 is 1.29 bits per heavy atom. The first-order chi connectivity index (χ1) is 24.3. The number of aliphatic carboxylic acids is 1. The number of amides is 1. The van der Waals surface area contributed by atoms with Crippen molar-refractivity contribution >= 4 is 23.3 Å². The molecular formula is C40H47FN2O8. The number of hydrogen-bond donors (Lipinski definition) is 6. The van der Waals surface area contributed by atoms with Crippen LogP contribution in [0.2, 0.25) is 0 Å². The molecule has 0 aliphatic rings.